The fraction of sp³-hybridized carbons (Fsp3) is 0.714. The Bertz CT molecular complexity index is 381. The van der Waals surface area contributed by atoms with Crippen molar-refractivity contribution in [3.05, 3.63) is 6.33 Å². The molecule has 0 saturated heterocycles. The monoisotopic (exact) mass is 282 g/mol. The number of nitrogens with zero attached hydrogens (tertiary/aromatic N) is 2. The number of aliphatic hydroxyl groups excluding tert-OH is 1. The Morgan fingerprint density at radius 3 is 2.75 bits per heavy atom. The van der Waals surface area contributed by atoms with Gasteiger partial charge in [-0.2, -0.15) is 4.98 Å². The molecule has 0 spiro atoms. The number of anilines is 2. The molecule has 1 aromatic heterocycles. The van der Waals surface area contributed by atoms with Crippen molar-refractivity contribution >= 4 is 11.5 Å². The summed E-state index contributed by atoms with van der Waals surface area (Å²) in [5.74, 6) is 1.45. The van der Waals surface area contributed by atoms with Crippen molar-refractivity contribution in [2.24, 2.45) is 5.92 Å². The molecule has 4 N–H and O–H groups in total. The van der Waals surface area contributed by atoms with E-state index in [1.54, 1.807) is 0 Å². The number of aliphatic hydroxyl groups is 1. The molecule has 0 aliphatic heterocycles. The van der Waals surface area contributed by atoms with Crippen LogP contribution in [0.25, 0.3) is 0 Å². The third-order valence-corrected chi connectivity index (χ3v) is 3.08. The van der Waals surface area contributed by atoms with Crippen molar-refractivity contribution in [3.63, 3.8) is 0 Å². The second-order valence-corrected chi connectivity index (χ2v) is 4.84. The lowest BCUT2D eigenvalue weighted by molar-refractivity contribution is 0.255. The summed E-state index contributed by atoms with van der Waals surface area (Å²) in [5.41, 5.74) is 6.44. The third-order valence-electron chi connectivity index (χ3n) is 3.08. The van der Waals surface area contributed by atoms with E-state index in [0.29, 0.717) is 29.9 Å². The van der Waals surface area contributed by atoms with E-state index in [1.165, 1.54) is 6.33 Å². The van der Waals surface area contributed by atoms with Crippen LogP contribution in [0.2, 0.25) is 0 Å². The molecule has 1 unspecified atom stereocenters. The highest BCUT2D eigenvalue weighted by Crippen LogP contribution is 2.25. The summed E-state index contributed by atoms with van der Waals surface area (Å²) in [6.07, 6.45) is 5.30. The summed E-state index contributed by atoms with van der Waals surface area (Å²) in [5, 5.41) is 12.3. The van der Waals surface area contributed by atoms with Crippen LogP contribution in [0.4, 0.5) is 11.5 Å². The van der Waals surface area contributed by atoms with Gasteiger partial charge in [-0.3, -0.25) is 0 Å². The summed E-state index contributed by atoms with van der Waals surface area (Å²) in [6.45, 7) is 5.70. The lowest BCUT2D eigenvalue weighted by Crippen LogP contribution is -2.17. The number of ether oxygens (including phenoxy) is 1. The highest BCUT2D eigenvalue weighted by Gasteiger charge is 2.12. The van der Waals surface area contributed by atoms with Crippen LogP contribution < -0.4 is 15.8 Å². The van der Waals surface area contributed by atoms with Crippen molar-refractivity contribution in [2.75, 3.05) is 30.8 Å². The number of rotatable bonds is 10. The minimum atomic E-state index is 0.205. The van der Waals surface area contributed by atoms with Gasteiger partial charge >= 0.3 is 0 Å². The molecular weight excluding hydrogens is 256 g/mol. The van der Waals surface area contributed by atoms with Gasteiger partial charge < -0.3 is 20.9 Å². The number of hydrogen-bond donors (Lipinski definition) is 3. The summed E-state index contributed by atoms with van der Waals surface area (Å²) in [6, 6.07) is 0. The number of hydrogen-bond acceptors (Lipinski definition) is 6. The van der Waals surface area contributed by atoms with Crippen LogP contribution in [0, 0.1) is 5.92 Å². The van der Waals surface area contributed by atoms with E-state index in [-0.39, 0.29) is 6.61 Å². The van der Waals surface area contributed by atoms with Gasteiger partial charge in [0.25, 0.3) is 0 Å². The van der Waals surface area contributed by atoms with E-state index in [2.05, 4.69) is 22.2 Å². The molecule has 1 heterocycles. The van der Waals surface area contributed by atoms with E-state index < -0.39 is 0 Å². The van der Waals surface area contributed by atoms with Crippen LogP contribution in [0.15, 0.2) is 6.33 Å². The van der Waals surface area contributed by atoms with Crippen LogP contribution in [0.5, 0.6) is 5.88 Å². The zero-order valence-electron chi connectivity index (χ0n) is 12.4. The second kappa shape index (κ2) is 9.36. The molecule has 0 amide bonds. The molecule has 0 saturated carbocycles. The van der Waals surface area contributed by atoms with Crippen molar-refractivity contribution in [1.29, 1.82) is 0 Å². The Balaban J connectivity index is 2.62. The molecule has 1 aromatic rings. The first-order valence-electron chi connectivity index (χ1n) is 7.30. The first kappa shape index (κ1) is 16.5. The quantitative estimate of drug-likeness (QED) is 0.608. The zero-order chi connectivity index (χ0) is 14.8. The second-order valence-electron chi connectivity index (χ2n) is 4.84. The fourth-order valence-electron chi connectivity index (χ4n) is 2.01. The SMILES string of the molecule is CCCOc1ncnc(NCC(CCC)CCO)c1N. The third kappa shape index (κ3) is 5.21. The van der Waals surface area contributed by atoms with E-state index in [0.717, 1.165) is 32.2 Å². The lowest BCUT2D eigenvalue weighted by Gasteiger charge is -2.17. The van der Waals surface area contributed by atoms with E-state index in [9.17, 15) is 0 Å². The van der Waals surface area contributed by atoms with Gasteiger partial charge in [0.05, 0.1) is 6.61 Å². The van der Waals surface area contributed by atoms with E-state index in [4.69, 9.17) is 15.6 Å². The molecule has 0 bridgehead atoms. The Labute approximate surface area is 120 Å². The molecule has 0 aliphatic carbocycles. The minimum Gasteiger partial charge on any atom is -0.476 e. The first-order chi connectivity index (χ1) is 9.72. The Hall–Kier alpha value is -1.56. The van der Waals surface area contributed by atoms with Gasteiger partial charge in [0, 0.05) is 13.2 Å². The number of nitrogens with one attached hydrogen (secondary N) is 1. The molecule has 6 nitrogen and oxygen atoms in total. The number of nitrogens with two attached hydrogens (primary N) is 1. The highest BCUT2D eigenvalue weighted by atomic mass is 16.5. The number of nitrogen functional groups attached to an aromatic ring is 1. The van der Waals surface area contributed by atoms with Crippen molar-refractivity contribution < 1.29 is 9.84 Å². The molecule has 114 valence electrons. The van der Waals surface area contributed by atoms with Crippen LogP contribution in [0.1, 0.15) is 39.5 Å². The molecule has 1 rings (SSSR count). The van der Waals surface area contributed by atoms with Gasteiger partial charge in [0.15, 0.2) is 5.82 Å². The normalized spacial score (nSPS) is 12.2. The van der Waals surface area contributed by atoms with E-state index >= 15 is 0 Å². The predicted octanol–water partition coefficient (Wildman–Crippen LogP) is 2.06. The molecule has 0 aromatic carbocycles. The Morgan fingerprint density at radius 2 is 2.10 bits per heavy atom. The Morgan fingerprint density at radius 1 is 1.30 bits per heavy atom. The first-order valence-corrected chi connectivity index (χ1v) is 7.30. The lowest BCUT2D eigenvalue weighted by atomic mass is 10.0. The summed E-state index contributed by atoms with van der Waals surface area (Å²) in [7, 11) is 0. The van der Waals surface area contributed by atoms with Gasteiger partial charge in [0.1, 0.15) is 12.0 Å². The van der Waals surface area contributed by atoms with Crippen molar-refractivity contribution in [2.45, 2.75) is 39.5 Å². The zero-order valence-corrected chi connectivity index (χ0v) is 12.4. The van der Waals surface area contributed by atoms with Gasteiger partial charge in [-0.25, -0.2) is 4.98 Å². The Kier molecular flexibility index (Phi) is 7.72. The van der Waals surface area contributed by atoms with Crippen molar-refractivity contribution in [1.82, 2.24) is 9.97 Å². The highest BCUT2D eigenvalue weighted by molar-refractivity contribution is 5.66. The van der Waals surface area contributed by atoms with Gasteiger partial charge in [-0.05, 0) is 25.2 Å². The maximum atomic E-state index is 9.06. The molecule has 0 aliphatic rings. The van der Waals surface area contributed by atoms with Gasteiger partial charge in [0.2, 0.25) is 5.88 Å². The van der Waals surface area contributed by atoms with Crippen LogP contribution in [0.3, 0.4) is 0 Å². The summed E-state index contributed by atoms with van der Waals surface area (Å²) >= 11 is 0. The average molecular weight is 282 g/mol. The molecule has 0 radical (unpaired) electrons. The fourth-order valence-corrected chi connectivity index (χ4v) is 2.01. The van der Waals surface area contributed by atoms with Gasteiger partial charge in [-0.1, -0.05) is 20.3 Å². The molecule has 0 fully saturated rings. The van der Waals surface area contributed by atoms with E-state index in [1.807, 2.05) is 6.92 Å². The number of aromatic nitrogens is 2. The van der Waals surface area contributed by atoms with Crippen molar-refractivity contribution in [3.8, 4) is 5.88 Å². The molecule has 1 atom stereocenters. The minimum absolute atomic E-state index is 0.205. The topological polar surface area (TPSA) is 93.3 Å². The van der Waals surface area contributed by atoms with Crippen LogP contribution in [-0.2, 0) is 0 Å². The predicted molar refractivity (Wildman–Crippen MR) is 80.8 cm³/mol. The maximum absolute atomic E-state index is 9.06. The van der Waals surface area contributed by atoms with Crippen LogP contribution >= 0.6 is 0 Å². The largest absolute Gasteiger partial charge is 0.476 e. The summed E-state index contributed by atoms with van der Waals surface area (Å²) < 4.78 is 5.47. The maximum Gasteiger partial charge on any atom is 0.242 e. The standard InChI is InChI=1S/C14H26N4O2/c1-3-5-11(6-7-19)9-16-13-12(15)14(18-10-17-13)20-8-4-2/h10-11,19H,3-9,15H2,1-2H3,(H,16,17,18). The smallest absolute Gasteiger partial charge is 0.242 e. The molecular formula is C14H26N4O2. The molecule has 6 heteroatoms. The average Bonchev–Trinajstić information content (AvgIpc) is 2.45. The molecule has 20 heavy (non-hydrogen) atoms. The van der Waals surface area contributed by atoms with Gasteiger partial charge in [-0.15, -0.1) is 0 Å². The summed E-state index contributed by atoms with van der Waals surface area (Å²) in [4.78, 5) is 8.19. The van der Waals surface area contributed by atoms with Crippen LogP contribution in [-0.4, -0.2) is 34.8 Å².